The van der Waals surface area contributed by atoms with Crippen molar-refractivity contribution in [1.82, 2.24) is 10.6 Å². The molecule has 0 unspecified atom stereocenters. The molecule has 1 heterocycles. The summed E-state index contributed by atoms with van der Waals surface area (Å²) >= 11 is 3.38. The zero-order valence-corrected chi connectivity index (χ0v) is 16.1. The first kappa shape index (κ1) is 19.0. The Morgan fingerprint density at radius 3 is 2.70 bits per heavy atom. The Bertz CT molecular complexity index is 830. The molecule has 1 aliphatic rings. The van der Waals surface area contributed by atoms with E-state index in [1.54, 1.807) is 0 Å². The van der Waals surface area contributed by atoms with Crippen LogP contribution in [0.5, 0.6) is 11.5 Å². The molecule has 0 saturated heterocycles. The summed E-state index contributed by atoms with van der Waals surface area (Å²) in [5, 5.41) is 5.43. The van der Waals surface area contributed by atoms with Crippen LogP contribution in [0.1, 0.15) is 18.0 Å². The Labute approximate surface area is 165 Å². The number of ether oxygens (including phenoxy) is 2. The summed E-state index contributed by atoms with van der Waals surface area (Å²) in [4.78, 5) is 23.7. The summed E-state index contributed by atoms with van der Waals surface area (Å²) in [6, 6.07) is 13.5. The number of urea groups is 1. The number of primary amides is 1. The van der Waals surface area contributed by atoms with Gasteiger partial charge in [-0.2, -0.15) is 0 Å². The van der Waals surface area contributed by atoms with Crippen LogP contribution in [0.3, 0.4) is 0 Å². The quantitative estimate of drug-likeness (QED) is 0.650. The predicted octanol–water partition coefficient (Wildman–Crippen LogP) is 2.50. The van der Waals surface area contributed by atoms with Crippen LogP contribution in [-0.2, 0) is 4.79 Å². The van der Waals surface area contributed by atoms with E-state index in [1.807, 2.05) is 48.5 Å². The van der Waals surface area contributed by atoms with Crippen LogP contribution in [0.4, 0.5) is 4.79 Å². The molecular weight excluding hydrogens is 414 g/mol. The largest absolute Gasteiger partial charge is 0.486 e. The van der Waals surface area contributed by atoms with E-state index in [0.29, 0.717) is 24.7 Å². The van der Waals surface area contributed by atoms with Crippen molar-refractivity contribution in [3.05, 3.63) is 58.6 Å². The Balaban J connectivity index is 1.56. The third-order valence-corrected chi connectivity index (χ3v) is 4.54. The maximum atomic E-state index is 12.4. The third kappa shape index (κ3) is 5.37. The van der Waals surface area contributed by atoms with E-state index in [2.05, 4.69) is 26.6 Å². The molecule has 3 amide bonds. The van der Waals surface area contributed by atoms with Gasteiger partial charge in [-0.25, -0.2) is 4.79 Å². The van der Waals surface area contributed by atoms with Gasteiger partial charge in [0.2, 0.25) is 5.91 Å². The predicted molar refractivity (Wildman–Crippen MR) is 104 cm³/mol. The minimum absolute atomic E-state index is 0.0591. The lowest BCUT2D eigenvalue weighted by Gasteiger charge is -2.26. The summed E-state index contributed by atoms with van der Waals surface area (Å²) in [5.41, 5.74) is 6.03. The van der Waals surface area contributed by atoms with E-state index in [1.165, 1.54) is 0 Å². The first-order valence-electron chi connectivity index (χ1n) is 8.48. The first-order chi connectivity index (χ1) is 13.0. The number of nitrogens with two attached hydrogens (primary N) is 1. The third-order valence-electron chi connectivity index (χ3n) is 4.05. The van der Waals surface area contributed by atoms with E-state index < -0.39 is 12.1 Å². The number of hydrogen-bond acceptors (Lipinski definition) is 4. The highest BCUT2D eigenvalue weighted by Crippen LogP contribution is 2.30. The van der Waals surface area contributed by atoms with Crippen LogP contribution in [0.25, 0.3) is 0 Å². The van der Waals surface area contributed by atoms with Crippen LogP contribution in [-0.4, -0.2) is 31.2 Å². The summed E-state index contributed by atoms with van der Waals surface area (Å²) in [7, 11) is 0. The van der Waals surface area contributed by atoms with Crippen molar-refractivity contribution in [2.24, 2.45) is 5.73 Å². The molecule has 2 atom stereocenters. The Morgan fingerprint density at radius 2 is 1.96 bits per heavy atom. The first-order valence-corrected chi connectivity index (χ1v) is 9.27. The molecule has 142 valence electrons. The van der Waals surface area contributed by atoms with E-state index in [0.717, 1.165) is 10.0 Å². The lowest BCUT2D eigenvalue weighted by Crippen LogP contribution is -2.42. The number of carbonyl (C=O) groups excluding carboxylic acids is 2. The zero-order chi connectivity index (χ0) is 19.2. The second-order valence-electron chi connectivity index (χ2n) is 6.12. The number of carbonyl (C=O) groups is 2. The Hall–Kier alpha value is -2.74. The van der Waals surface area contributed by atoms with E-state index in [-0.39, 0.29) is 18.4 Å². The van der Waals surface area contributed by atoms with Gasteiger partial charge >= 0.3 is 6.03 Å². The monoisotopic (exact) mass is 433 g/mol. The van der Waals surface area contributed by atoms with Crippen molar-refractivity contribution in [3.8, 4) is 11.5 Å². The van der Waals surface area contributed by atoms with E-state index in [9.17, 15) is 9.59 Å². The molecule has 27 heavy (non-hydrogen) atoms. The van der Waals surface area contributed by atoms with Gasteiger partial charge in [0.15, 0.2) is 11.5 Å². The second kappa shape index (κ2) is 8.77. The lowest BCUT2D eigenvalue weighted by atomic mass is 10.0. The zero-order valence-electron chi connectivity index (χ0n) is 14.5. The van der Waals surface area contributed by atoms with Crippen molar-refractivity contribution in [3.63, 3.8) is 0 Å². The maximum Gasteiger partial charge on any atom is 0.312 e. The Morgan fingerprint density at radius 1 is 1.19 bits per heavy atom. The van der Waals surface area contributed by atoms with Gasteiger partial charge in [0.05, 0.1) is 19.0 Å². The smallest absolute Gasteiger partial charge is 0.312 e. The molecule has 0 saturated carbocycles. The van der Waals surface area contributed by atoms with Crippen molar-refractivity contribution in [2.45, 2.75) is 18.6 Å². The number of amides is 3. The summed E-state index contributed by atoms with van der Waals surface area (Å²) in [6.07, 6.45) is -0.221. The molecule has 3 rings (SSSR count). The number of halogens is 1. The highest BCUT2D eigenvalue weighted by molar-refractivity contribution is 9.10. The number of nitrogens with one attached hydrogen (secondary N) is 2. The number of benzene rings is 2. The number of hydrogen-bond donors (Lipinski definition) is 3. The SMILES string of the molecule is NC(=O)N[C@@H](CC(=O)NC[C@@H]1COc2ccccc2O1)c1cccc(Br)c1. The van der Waals surface area contributed by atoms with Crippen LogP contribution in [0.15, 0.2) is 53.0 Å². The number of rotatable bonds is 6. The van der Waals surface area contributed by atoms with Crippen LogP contribution in [0, 0.1) is 0 Å². The van der Waals surface area contributed by atoms with Crippen LogP contribution < -0.4 is 25.8 Å². The molecule has 0 fully saturated rings. The van der Waals surface area contributed by atoms with E-state index >= 15 is 0 Å². The van der Waals surface area contributed by atoms with Crippen molar-refractivity contribution in [1.29, 1.82) is 0 Å². The standard InChI is InChI=1S/C19H20BrN3O4/c20-13-5-3-4-12(8-13)15(23-19(21)25)9-18(24)22-10-14-11-26-16-6-1-2-7-17(16)27-14/h1-8,14-15H,9-11H2,(H,22,24)(H3,21,23,25)/t14-,15+/m1/s1. The highest BCUT2D eigenvalue weighted by Gasteiger charge is 2.22. The molecule has 0 bridgehead atoms. The van der Waals surface area contributed by atoms with Gasteiger partial charge in [0.25, 0.3) is 0 Å². The van der Waals surface area contributed by atoms with Gasteiger partial charge in [0, 0.05) is 4.47 Å². The molecular formula is C19H20BrN3O4. The summed E-state index contributed by atoms with van der Waals surface area (Å²) in [6.45, 7) is 0.654. The van der Waals surface area contributed by atoms with Crippen molar-refractivity contribution >= 4 is 27.9 Å². The molecule has 0 aromatic heterocycles. The molecule has 0 aliphatic carbocycles. The van der Waals surface area contributed by atoms with Crippen molar-refractivity contribution < 1.29 is 19.1 Å². The average Bonchev–Trinajstić information content (AvgIpc) is 2.65. The molecule has 4 N–H and O–H groups in total. The van der Waals surface area contributed by atoms with Crippen molar-refractivity contribution in [2.75, 3.05) is 13.2 Å². The Kier molecular flexibility index (Phi) is 6.18. The fraction of sp³-hybridized carbons (Fsp3) is 0.263. The lowest BCUT2D eigenvalue weighted by molar-refractivity contribution is -0.122. The van der Waals surface area contributed by atoms with Gasteiger partial charge in [0.1, 0.15) is 12.7 Å². The van der Waals surface area contributed by atoms with Gasteiger partial charge in [-0.05, 0) is 29.8 Å². The molecule has 0 radical (unpaired) electrons. The van der Waals surface area contributed by atoms with Crippen LogP contribution >= 0.6 is 15.9 Å². The van der Waals surface area contributed by atoms with E-state index in [4.69, 9.17) is 15.2 Å². The van der Waals surface area contributed by atoms with Gasteiger partial charge in [-0.3, -0.25) is 4.79 Å². The van der Waals surface area contributed by atoms with Gasteiger partial charge in [-0.1, -0.05) is 40.2 Å². The summed E-state index contributed by atoms with van der Waals surface area (Å²) < 4.78 is 12.3. The molecule has 7 nitrogen and oxygen atoms in total. The number of fused-ring (bicyclic) bond motifs is 1. The fourth-order valence-corrected chi connectivity index (χ4v) is 3.21. The molecule has 2 aromatic carbocycles. The fourth-order valence-electron chi connectivity index (χ4n) is 2.80. The topological polar surface area (TPSA) is 103 Å². The average molecular weight is 434 g/mol. The number of para-hydroxylation sites is 2. The molecule has 1 aliphatic heterocycles. The second-order valence-corrected chi connectivity index (χ2v) is 7.04. The van der Waals surface area contributed by atoms with Gasteiger partial charge < -0.3 is 25.8 Å². The van der Waals surface area contributed by atoms with Gasteiger partial charge in [-0.15, -0.1) is 0 Å². The maximum absolute atomic E-state index is 12.4. The molecule has 8 heteroatoms. The highest BCUT2D eigenvalue weighted by atomic mass is 79.9. The normalized spacial score (nSPS) is 16.3. The molecule has 2 aromatic rings. The minimum Gasteiger partial charge on any atom is -0.486 e. The molecule has 0 spiro atoms. The van der Waals surface area contributed by atoms with Crippen LogP contribution in [0.2, 0.25) is 0 Å². The minimum atomic E-state index is -0.687. The summed E-state index contributed by atoms with van der Waals surface area (Å²) in [5.74, 6) is 1.13.